The minimum Gasteiger partial charge on any atom is -0.477 e. The van der Waals surface area contributed by atoms with Crippen molar-refractivity contribution in [1.82, 2.24) is 10.2 Å². The molecule has 0 fully saturated rings. The third-order valence-corrected chi connectivity index (χ3v) is 6.22. The molecule has 17 nitrogen and oxygen atoms in total. The molecule has 0 spiro atoms. The second kappa shape index (κ2) is 17.6. The van der Waals surface area contributed by atoms with Crippen molar-refractivity contribution in [3.05, 3.63) is 47.7 Å². The normalized spacial score (nSPS) is 18.7. The Morgan fingerprint density at radius 3 is 2.06 bits per heavy atom. The SMILES string of the molecule is CCOC(=O)C1=C[C@H](N=C(N)N(C(=O)OC(C)(C)C)C(=O)c2ccccc2)[C@@H](NC(C)=O)[C@H]([C@H](OC(C)=O)[C@@H](COC(C)=O)OC(C)=O)O1. The van der Waals surface area contributed by atoms with E-state index in [0.717, 1.165) is 33.8 Å². The molecule has 0 saturated heterocycles. The number of aliphatic imine (C=N–C) groups is 1. The van der Waals surface area contributed by atoms with Crippen LogP contribution in [-0.2, 0) is 52.4 Å². The van der Waals surface area contributed by atoms with Gasteiger partial charge >= 0.3 is 30.0 Å². The number of nitrogens with zero attached hydrogens (tertiary/aromatic N) is 2. The quantitative estimate of drug-likeness (QED) is 0.145. The average molecular weight is 691 g/mol. The first kappa shape index (κ1) is 39.7. The van der Waals surface area contributed by atoms with Gasteiger partial charge in [-0.2, -0.15) is 4.90 Å². The van der Waals surface area contributed by atoms with E-state index in [2.05, 4.69) is 10.3 Å². The van der Waals surface area contributed by atoms with Gasteiger partial charge in [0.25, 0.3) is 5.91 Å². The van der Waals surface area contributed by atoms with E-state index < -0.39 is 96.1 Å². The lowest BCUT2D eigenvalue weighted by molar-refractivity contribution is -0.188. The number of hydrogen-bond acceptors (Lipinski definition) is 14. The monoisotopic (exact) mass is 690 g/mol. The van der Waals surface area contributed by atoms with E-state index in [9.17, 15) is 33.6 Å². The first-order chi connectivity index (χ1) is 22.8. The Morgan fingerprint density at radius 1 is 0.939 bits per heavy atom. The molecule has 3 amide bonds. The summed E-state index contributed by atoms with van der Waals surface area (Å²) in [6, 6.07) is 4.78. The Balaban J connectivity index is 2.84. The summed E-state index contributed by atoms with van der Waals surface area (Å²) in [5.41, 5.74) is 5.30. The molecular formula is C32H42N4O13. The van der Waals surface area contributed by atoms with E-state index >= 15 is 0 Å². The Kier molecular flexibility index (Phi) is 14.3. The van der Waals surface area contributed by atoms with Gasteiger partial charge in [0.05, 0.1) is 18.7 Å². The fourth-order valence-corrected chi connectivity index (χ4v) is 4.48. The molecule has 2 rings (SSSR count). The van der Waals surface area contributed by atoms with Crippen LogP contribution >= 0.6 is 0 Å². The van der Waals surface area contributed by atoms with Gasteiger partial charge in [-0.15, -0.1) is 0 Å². The topological polar surface area (TPSA) is 229 Å². The number of rotatable bonds is 11. The molecule has 17 heteroatoms. The fourth-order valence-electron chi connectivity index (χ4n) is 4.48. The van der Waals surface area contributed by atoms with Crippen molar-refractivity contribution in [3.8, 4) is 0 Å². The molecule has 0 unspecified atom stereocenters. The van der Waals surface area contributed by atoms with E-state index in [1.807, 2.05) is 0 Å². The summed E-state index contributed by atoms with van der Waals surface area (Å²) in [7, 11) is 0. The smallest absolute Gasteiger partial charge is 0.424 e. The molecule has 49 heavy (non-hydrogen) atoms. The maximum atomic E-state index is 13.6. The Labute approximate surface area is 283 Å². The van der Waals surface area contributed by atoms with Gasteiger partial charge in [-0.25, -0.2) is 14.6 Å². The van der Waals surface area contributed by atoms with Crippen LogP contribution in [0, 0.1) is 0 Å². The number of benzene rings is 1. The molecule has 3 N–H and O–H groups in total. The van der Waals surface area contributed by atoms with E-state index in [0.29, 0.717) is 4.90 Å². The zero-order valence-corrected chi connectivity index (χ0v) is 28.5. The van der Waals surface area contributed by atoms with Gasteiger partial charge in [0.15, 0.2) is 18.3 Å². The van der Waals surface area contributed by atoms with Gasteiger partial charge in [-0.1, -0.05) is 18.2 Å². The van der Waals surface area contributed by atoms with Crippen LogP contribution in [0.5, 0.6) is 0 Å². The molecule has 1 aromatic carbocycles. The molecule has 1 heterocycles. The largest absolute Gasteiger partial charge is 0.477 e. The Hall–Kier alpha value is -5.48. The van der Waals surface area contributed by atoms with Gasteiger partial charge in [0, 0.05) is 33.3 Å². The highest BCUT2D eigenvalue weighted by Gasteiger charge is 2.48. The second-order valence-corrected chi connectivity index (χ2v) is 11.5. The first-order valence-electron chi connectivity index (χ1n) is 15.1. The number of carbonyl (C=O) groups excluding carboxylic acids is 7. The van der Waals surface area contributed by atoms with Crippen LogP contribution in [0.2, 0.25) is 0 Å². The number of amides is 3. The number of imide groups is 1. The molecule has 1 aliphatic heterocycles. The summed E-state index contributed by atoms with van der Waals surface area (Å²) in [5.74, 6) is -6.36. The van der Waals surface area contributed by atoms with Crippen molar-refractivity contribution in [2.45, 2.75) is 91.4 Å². The van der Waals surface area contributed by atoms with Gasteiger partial charge in [-0.05, 0) is 45.9 Å². The lowest BCUT2D eigenvalue weighted by Crippen LogP contribution is -2.61. The minimum absolute atomic E-state index is 0.0437. The summed E-state index contributed by atoms with van der Waals surface area (Å²) in [6.45, 7) is 9.81. The highest BCUT2D eigenvalue weighted by atomic mass is 16.6. The Bertz CT molecular complexity index is 1470. The molecule has 1 aliphatic rings. The van der Waals surface area contributed by atoms with E-state index in [-0.39, 0.29) is 12.2 Å². The van der Waals surface area contributed by atoms with Crippen LogP contribution in [0.3, 0.4) is 0 Å². The number of guanidine groups is 1. The molecule has 1 aromatic rings. The van der Waals surface area contributed by atoms with Crippen molar-refractivity contribution >= 4 is 47.7 Å². The summed E-state index contributed by atoms with van der Waals surface area (Å²) in [4.78, 5) is 93.5. The van der Waals surface area contributed by atoms with Crippen molar-refractivity contribution in [1.29, 1.82) is 0 Å². The molecule has 0 bridgehead atoms. The van der Waals surface area contributed by atoms with Crippen molar-refractivity contribution in [3.63, 3.8) is 0 Å². The fraction of sp³-hybridized carbons (Fsp3) is 0.500. The van der Waals surface area contributed by atoms with Crippen molar-refractivity contribution in [2.75, 3.05) is 13.2 Å². The summed E-state index contributed by atoms with van der Waals surface area (Å²) in [5, 5.41) is 2.59. The van der Waals surface area contributed by atoms with E-state index in [1.165, 1.54) is 19.1 Å². The number of esters is 4. The van der Waals surface area contributed by atoms with Gasteiger partial charge < -0.3 is 39.5 Å². The van der Waals surface area contributed by atoms with Gasteiger partial charge in [0.2, 0.25) is 17.6 Å². The molecule has 0 radical (unpaired) electrons. The number of nitrogens with one attached hydrogen (secondary N) is 1. The minimum atomic E-state index is -1.66. The molecular weight excluding hydrogens is 648 g/mol. The lowest BCUT2D eigenvalue weighted by Gasteiger charge is -2.41. The molecule has 0 saturated carbocycles. The molecule has 5 atom stereocenters. The lowest BCUT2D eigenvalue weighted by atomic mass is 9.92. The zero-order chi connectivity index (χ0) is 37.1. The molecule has 0 aliphatic carbocycles. The van der Waals surface area contributed by atoms with Crippen LogP contribution in [-0.4, -0.2) is 102 Å². The van der Waals surface area contributed by atoms with E-state index in [4.69, 9.17) is 34.2 Å². The van der Waals surface area contributed by atoms with Crippen molar-refractivity contribution < 1.29 is 62.0 Å². The predicted octanol–water partition coefficient (Wildman–Crippen LogP) is 1.52. The van der Waals surface area contributed by atoms with E-state index in [1.54, 1.807) is 39.0 Å². The average Bonchev–Trinajstić information content (AvgIpc) is 2.98. The maximum Gasteiger partial charge on any atom is 0.424 e. The Morgan fingerprint density at radius 2 is 1.55 bits per heavy atom. The van der Waals surface area contributed by atoms with Gasteiger partial charge in [0.1, 0.15) is 12.2 Å². The summed E-state index contributed by atoms with van der Waals surface area (Å²) < 4.78 is 32.3. The molecule has 0 aromatic heterocycles. The van der Waals surface area contributed by atoms with Crippen LogP contribution < -0.4 is 11.1 Å². The number of ether oxygens (including phenoxy) is 6. The maximum absolute atomic E-state index is 13.6. The third kappa shape index (κ3) is 12.2. The van der Waals surface area contributed by atoms with Crippen LogP contribution in [0.25, 0.3) is 0 Å². The summed E-state index contributed by atoms with van der Waals surface area (Å²) in [6.07, 6.45) is -4.89. The first-order valence-corrected chi connectivity index (χ1v) is 15.1. The standard InChI is InChI=1S/C32H42N4O13/c1-9-44-29(42)23-15-22(35-30(33)36(31(43)49-32(6,7)8)28(41)21-13-11-10-12-14-21)25(34-17(2)37)27(48-23)26(47-20(5)40)24(46-19(4)39)16-45-18(3)38/h10-15,22,24-27H,9,16H2,1-8H3,(H2,33,35)(H,34,37)/t22-,24+,25+,26+,27+/m0/s1. The van der Waals surface area contributed by atoms with Gasteiger partial charge in [-0.3, -0.25) is 24.0 Å². The third-order valence-electron chi connectivity index (χ3n) is 6.22. The highest BCUT2D eigenvalue weighted by molar-refractivity contribution is 6.15. The predicted molar refractivity (Wildman–Crippen MR) is 169 cm³/mol. The van der Waals surface area contributed by atoms with Crippen LogP contribution in [0.1, 0.15) is 65.7 Å². The zero-order valence-electron chi connectivity index (χ0n) is 28.5. The van der Waals surface area contributed by atoms with Crippen LogP contribution in [0.15, 0.2) is 47.2 Å². The highest BCUT2D eigenvalue weighted by Crippen LogP contribution is 2.29. The second-order valence-electron chi connectivity index (χ2n) is 11.5. The number of nitrogens with two attached hydrogens (primary N) is 1. The molecule has 268 valence electrons. The summed E-state index contributed by atoms with van der Waals surface area (Å²) >= 11 is 0. The number of hydrogen-bond donors (Lipinski definition) is 2. The van der Waals surface area contributed by atoms with Crippen LogP contribution in [0.4, 0.5) is 4.79 Å². The van der Waals surface area contributed by atoms with Crippen molar-refractivity contribution in [2.24, 2.45) is 10.7 Å². The number of carbonyl (C=O) groups is 7.